The first-order chi connectivity index (χ1) is 9.42. The summed E-state index contributed by atoms with van der Waals surface area (Å²) in [6, 6.07) is 0. The van der Waals surface area contributed by atoms with E-state index in [0.717, 1.165) is 25.7 Å². The van der Waals surface area contributed by atoms with Crippen LogP contribution in [0.5, 0.6) is 0 Å². The number of hydrogen-bond donors (Lipinski definition) is 2. The molecule has 9 nitrogen and oxygen atoms in total. The third-order valence-corrected chi connectivity index (χ3v) is 3.27. The number of carbonyl (C=O) groups is 1. The lowest BCUT2D eigenvalue weighted by molar-refractivity contribution is -0.122. The summed E-state index contributed by atoms with van der Waals surface area (Å²) >= 11 is 0. The van der Waals surface area contributed by atoms with Gasteiger partial charge in [-0.05, 0) is 12.8 Å². The van der Waals surface area contributed by atoms with Gasteiger partial charge >= 0.3 is 0 Å². The van der Waals surface area contributed by atoms with Crippen LogP contribution in [0, 0.1) is 0 Å². The van der Waals surface area contributed by atoms with E-state index in [0.29, 0.717) is 6.54 Å². The number of carbonyl (C=O) groups excluding carboxylic acids is 1. The van der Waals surface area contributed by atoms with Crippen LogP contribution in [0.2, 0.25) is 0 Å². The molecular weight excluding hydrogens is 286 g/mol. The third kappa shape index (κ3) is 4.78. The molecule has 0 radical (unpaired) electrons. The van der Waals surface area contributed by atoms with Gasteiger partial charge in [-0.1, -0.05) is 5.21 Å². The van der Waals surface area contributed by atoms with Gasteiger partial charge < -0.3 is 10.1 Å². The second-order valence-electron chi connectivity index (χ2n) is 4.61. The van der Waals surface area contributed by atoms with E-state index in [9.17, 15) is 13.2 Å². The zero-order valence-corrected chi connectivity index (χ0v) is 11.9. The minimum absolute atomic E-state index is 0.0227. The average Bonchev–Trinajstić information content (AvgIpc) is 2.96. The largest absolute Gasteiger partial charge is 0.376 e. The van der Waals surface area contributed by atoms with E-state index in [1.54, 1.807) is 0 Å². The molecule has 1 aliphatic rings. The van der Waals surface area contributed by atoms with Crippen LogP contribution < -0.4 is 10.0 Å². The molecule has 1 amide bonds. The molecule has 1 aromatic heterocycles. The first kappa shape index (κ1) is 14.7. The average molecular weight is 303 g/mol. The molecular formula is C10H17N5O4S. The van der Waals surface area contributed by atoms with Crippen LogP contribution in [0.4, 0.5) is 5.82 Å². The molecule has 20 heavy (non-hydrogen) atoms. The molecule has 2 rings (SSSR count). The molecule has 112 valence electrons. The molecule has 2 N–H and O–H groups in total. The fourth-order valence-corrected chi connectivity index (χ4v) is 2.32. The molecule has 1 aromatic rings. The van der Waals surface area contributed by atoms with Crippen LogP contribution in [0.3, 0.4) is 0 Å². The SMILES string of the molecule is CS(=O)(=O)Nc1cn(CC(=O)NCC2CCCO2)nn1. The molecule has 1 fully saturated rings. The van der Waals surface area contributed by atoms with Crippen molar-refractivity contribution < 1.29 is 17.9 Å². The predicted octanol–water partition coefficient (Wildman–Crippen LogP) is -1.06. The minimum Gasteiger partial charge on any atom is -0.376 e. The summed E-state index contributed by atoms with van der Waals surface area (Å²) < 4.78 is 30.8. The van der Waals surface area contributed by atoms with Crippen molar-refractivity contribution in [3.63, 3.8) is 0 Å². The van der Waals surface area contributed by atoms with E-state index >= 15 is 0 Å². The molecule has 0 spiro atoms. The number of hydrogen-bond acceptors (Lipinski definition) is 6. The molecule has 0 saturated carbocycles. The molecule has 1 unspecified atom stereocenters. The monoisotopic (exact) mass is 303 g/mol. The fraction of sp³-hybridized carbons (Fsp3) is 0.700. The quantitative estimate of drug-likeness (QED) is 0.692. The van der Waals surface area contributed by atoms with E-state index in [-0.39, 0.29) is 24.4 Å². The number of anilines is 1. The maximum atomic E-state index is 11.7. The number of nitrogens with one attached hydrogen (secondary N) is 2. The molecule has 0 bridgehead atoms. The Morgan fingerprint density at radius 3 is 3.05 bits per heavy atom. The van der Waals surface area contributed by atoms with Crippen LogP contribution in [0.1, 0.15) is 12.8 Å². The zero-order valence-electron chi connectivity index (χ0n) is 11.1. The third-order valence-electron chi connectivity index (χ3n) is 2.69. The van der Waals surface area contributed by atoms with E-state index in [1.165, 1.54) is 10.9 Å². The van der Waals surface area contributed by atoms with Gasteiger partial charge in [-0.15, -0.1) is 5.10 Å². The van der Waals surface area contributed by atoms with Crippen LogP contribution in [-0.4, -0.2) is 54.8 Å². The summed E-state index contributed by atoms with van der Waals surface area (Å²) in [6.45, 7) is 1.19. The zero-order chi connectivity index (χ0) is 14.6. The normalized spacial score (nSPS) is 18.9. The van der Waals surface area contributed by atoms with Crippen LogP contribution in [0.15, 0.2) is 6.20 Å². The first-order valence-electron chi connectivity index (χ1n) is 6.18. The Kier molecular flexibility index (Phi) is 4.55. The Balaban J connectivity index is 1.79. The molecule has 0 aromatic carbocycles. The topological polar surface area (TPSA) is 115 Å². The van der Waals surface area contributed by atoms with Gasteiger partial charge in [0.05, 0.1) is 18.6 Å². The molecule has 10 heteroatoms. The van der Waals surface area contributed by atoms with E-state index in [4.69, 9.17) is 4.74 Å². The van der Waals surface area contributed by atoms with Gasteiger partial charge in [-0.25, -0.2) is 13.1 Å². The van der Waals surface area contributed by atoms with Gasteiger partial charge in [0.1, 0.15) is 6.54 Å². The molecule has 1 aliphatic heterocycles. The maximum Gasteiger partial charge on any atom is 0.241 e. The van der Waals surface area contributed by atoms with Crippen molar-refractivity contribution in [3.05, 3.63) is 6.20 Å². The highest BCUT2D eigenvalue weighted by Gasteiger charge is 2.16. The molecule has 1 atom stereocenters. The van der Waals surface area contributed by atoms with Crippen molar-refractivity contribution in [2.24, 2.45) is 0 Å². The van der Waals surface area contributed by atoms with Crippen LogP contribution >= 0.6 is 0 Å². The maximum absolute atomic E-state index is 11.7. The van der Waals surface area contributed by atoms with E-state index in [2.05, 4.69) is 20.4 Å². The van der Waals surface area contributed by atoms with E-state index < -0.39 is 10.0 Å². The van der Waals surface area contributed by atoms with Gasteiger partial charge in [-0.3, -0.25) is 9.52 Å². The second kappa shape index (κ2) is 6.18. The summed E-state index contributed by atoms with van der Waals surface area (Å²) in [5, 5.41) is 10.0. The van der Waals surface area contributed by atoms with Crippen LogP contribution in [0.25, 0.3) is 0 Å². The van der Waals surface area contributed by atoms with Gasteiger partial charge in [0.2, 0.25) is 15.9 Å². The Hall–Kier alpha value is -1.68. The Morgan fingerprint density at radius 2 is 2.40 bits per heavy atom. The Bertz CT molecular complexity index is 564. The van der Waals surface area contributed by atoms with Gasteiger partial charge in [0.25, 0.3) is 0 Å². The number of aromatic nitrogens is 3. The Labute approximate surface area is 116 Å². The lowest BCUT2D eigenvalue weighted by Crippen LogP contribution is -2.34. The number of nitrogens with zero attached hydrogens (tertiary/aromatic N) is 3. The lowest BCUT2D eigenvalue weighted by atomic mass is 10.2. The summed E-state index contributed by atoms with van der Waals surface area (Å²) in [5.74, 6) is -0.143. The van der Waals surface area contributed by atoms with E-state index in [1.807, 2.05) is 0 Å². The predicted molar refractivity (Wildman–Crippen MR) is 70.5 cm³/mol. The molecule has 2 heterocycles. The lowest BCUT2D eigenvalue weighted by Gasteiger charge is -2.10. The summed E-state index contributed by atoms with van der Waals surface area (Å²) in [6.07, 6.45) is 4.42. The van der Waals surface area contributed by atoms with Gasteiger partial charge in [-0.2, -0.15) is 0 Å². The van der Waals surface area contributed by atoms with Crippen LogP contribution in [-0.2, 0) is 26.1 Å². The number of rotatable bonds is 6. The van der Waals surface area contributed by atoms with Gasteiger partial charge in [0.15, 0.2) is 5.82 Å². The second-order valence-corrected chi connectivity index (χ2v) is 6.36. The number of amides is 1. The van der Waals surface area contributed by atoms with Crippen molar-refractivity contribution in [1.82, 2.24) is 20.3 Å². The number of sulfonamides is 1. The van der Waals surface area contributed by atoms with Crippen molar-refractivity contribution in [2.75, 3.05) is 24.1 Å². The summed E-state index contributed by atoms with van der Waals surface area (Å²) in [7, 11) is -3.40. The highest BCUT2D eigenvalue weighted by atomic mass is 32.2. The molecule has 0 aliphatic carbocycles. The highest BCUT2D eigenvalue weighted by molar-refractivity contribution is 7.92. The first-order valence-corrected chi connectivity index (χ1v) is 8.08. The summed E-state index contributed by atoms with van der Waals surface area (Å²) in [4.78, 5) is 11.7. The smallest absolute Gasteiger partial charge is 0.241 e. The van der Waals surface area contributed by atoms with Crippen molar-refractivity contribution in [1.29, 1.82) is 0 Å². The van der Waals surface area contributed by atoms with Crippen molar-refractivity contribution >= 4 is 21.7 Å². The Morgan fingerprint density at radius 1 is 1.60 bits per heavy atom. The summed E-state index contributed by atoms with van der Waals surface area (Å²) in [5.41, 5.74) is 0. The standard InChI is InChI=1S/C10H17N5O4S/c1-20(17,18)13-9-6-15(14-12-9)7-10(16)11-5-8-3-2-4-19-8/h6,8,13H,2-5,7H2,1H3,(H,11,16). The van der Waals surface area contributed by atoms with Crippen molar-refractivity contribution in [2.45, 2.75) is 25.5 Å². The highest BCUT2D eigenvalue weighted by Crippen LogP contribution is 2.10. The van der Waals surface area contributed by atoms with Crippen molar-refractivity contribution in [3.8, 4) is 0 Å². The van der Waals surface area contributed by atoms with Gasteiger partial charge in [0, 0.05) is 13.2 Å². The number of ether oxygens (including phenoxy) is 1. The minimum atomic E-state index is -3.40. The fourth-order valence-electron chi connectivity index (χ4n) is 1.85. The molecule has 1 saturated heterocycles.